The quantitative estimate of drug-likeness (QED) is 0.279. The van der Waals surface area contributed by atoms with E-state index in [0.29, 0.717) is 29.6 Å². The van der Waals surface area contributed by atoms with Gasteiger partial charge in [-0.15, -0.1) is 0 Å². The van der Waals surface area contributed by atoms with Gasteiger partial charge in [0.1, 0.15) is 5.75 Å². The second-order valence-corrected chi connectivity index (χ2v) is 10.2. The van der Waals surface area contributed by atoms with Crippen LogP contribution in [0.15, 0.2) is 66.9 Å². The number of para-hydroxylation sites is 3. The van der Waals surface area contributed by atoms with Crippen LogP contribution in [0.1, 0.15) is 36.0 Å². The van der Waals surface area contributed by atoms with Crippen molar-refractivity contribution in [2.45, 2.75) is 25.7 Å². The summed E-state index contributed by atoms with van der Waals surface area (Å²) >= 11 is 12.6. The number of carbonyl (C=O) groups is 1. The molecule has 1 N–H and O–H groups in total. The van der Waals surface area contributed by atoms with Crippen molar-refractivity contribution in [1.29, 1.82) is 0 Å². The number of hydrogen-bond acceptors (Lipinski definition) is 3. The summed E-state index contributed by atoms with van der Waals surface area (Å²) in [6.45, 7) is 5.00. The number of nitrogens with zero attached hydrogens (tertiary/aromatic N) is 2. The van der Waals surface area contributed by atoms with Crippen LogP contribution in [0.3, 0.4) is 0 Å². The lowest BCUT2D eigenvalue weighted by atomic mass is 9.87. The van der Waals surface area contributed by atoms with Crippen LogP contribution in [-0.4, -0.2) is 49.1 Å². The summed E-state index contributed by atoms with van der Waals surface area (Å²) < 4.78 is 5.54. The molecule has 0 saturated carbocycles. The van der Waals surface area contributed by atoms with Gasteiger partial charge in [-0.2, -0.15) is 0 Å². The monoisotopic (exact) mass is 535 g/mol. The molecule has 1 unspecified atom stereocenters. The molecule has 0 aliphatic carbocycles. The van der Waals surface area contributed by atoms with E-state index < -0.39 is 0 Å². The third-order valence-corrected chi connectivity index (χ3v) is 8.11. The Kier molecular flexibility index (Phi) is 7.63. The number of nitrogens with one attached hydrogen (secondary N) is 1. The van der Waals surface area contributed by atoms with Crippen molar-refractivity contribution in [3.63, 3.8) is 0 Å². The SMILES string of the molecule is CCc1cccc2c(C(CC(=O)N3CCN(c4ccccc4OC)CC3)c3ccc(Cl)c(Cl)c3)c[nH]c12. The summed E-state index contributed by atoms with van der Waals surface area (Å²) in [6, 6.07) is 20.1. The Hall–Kier alpha value is -3.15. The molecule has 1 aromatic heterocycles. The predicted molar refractivity (Wildman–Crippen MR) is 152 cm³/mol. The smallest absolute Gasteiger partial charge is 0.223 e. The maximum Gasteiger partial charge on any atom is 0.223 e. The highest BCUT2D eigenvalue weighted by atomic mass is 35.5. The summed E-state index contributed by atoms with van der Waals surface area (Å²) in [4.78, 5) is 21.4. The van der Waals surface area contributed by atoms with Gasteiger partial charge in [-0.1, -0.05) is 66.5 Å². The second kappa shape index (κ2) is 11.1. The minimum absolute atomic E-state index is 0.136. The number of aryl methyl sites for hydroxylation is 1. The molecule has 37 heavy (non-hydrogen) atoms. The highest BCUT2D eigenvalue weighted by molar-refractivity contribution is 6.42. The third-order valence-electron chi connectivity index (χ3n) is 7.37. The number of benzene rings is 3. The Morgan fingerprint density at radius 1 is 1.00 bits per heavy atom. The summed E-state index contributed by atoms with van der Waals surface area (Å²) in [5.74, 6) is 0.847. The number of aromatic nitrogens is 1. The molecule has 0 spiro atoms. The van der Waals surface area contributed by atoms with Crippen molar-refractivity contribution in [2.24, 2.45) is 0 Å². The largest absolute Gasteiger partial charge is 0.495 e. The molecule has 7 heteroatoms. The summed E-state index contributed by atoms with van der Waals surface area (Å²) in [5, 5.41) is 2.15. The number of amides is 1. The number of rotatable bonds is 7. The van der Waals surface area contributed by atoms with Gasteiger partial charge in [0, 0.05) is 55.6 Å². The van der Waals surface area contributed by atoms with Crippen molar-refractivity contribution in [3.05, 3.63) is 93.6 Å². The maximum atomic E-state index is 13.7. The highest BCUT2D eigenvalue weighted by Gasteiger charge is 2.28. The van der Waals surface area contributed by atoms with Crippen molar-refractivity contribution >= 4 is 45.7 Å². The van der Waals surface area contributed by atoms with E-state index >= 15 is 0 Å². The van der Waals surface area contributed by atoms with Gasteiger partial charge in [0.25, 0.3) is 0 Å². The standard InChI is InChI=1S/C30H31Cl2N3O2/c1-3-20-7-6-8-22-24(19-33-30(20)22)23(21-11-12-25(31)26(32)17-21)18-29(36)35-15-13-34(14-16-35)27-9-4-5-10-28(27)37-2/h4-12,17,19,23,33H,3,13-16,18H2,1-2H3. The number of fused-ring (bicyclic) bond motifs is 1. The van der Waals surface area contributed by atoms with E-state index in [1.165, 1.54) is 5.56 Å². The molecule has 0 radical (unpaired) electrons. The number of anilines is 1. The molecular weight excluding hydrogens is 505 g/mol. The fourth-order valence-corrected chi connectivity index (χ4v) is 5.66. The Morgan fingerprint density at radius 2 is 1.78 bits per heavy atom. The van der Waals surface area contributed by atoms with Crippen LogP contribution in [0, 0.1) is 0 Å². The third kappa shape index (κ3) is 5.16. The van der Waals surface area contributed by atoms with Crippen molar-refractivity contribution in [2.75, 3.05) is 38.2 Å². The number of ether oxygens (including phenoxy) is 1. The molecule has 3 aromatic carbocycles. The van der Waals surface area contributed by atoms with Gasteiger partial charge in [0.05, 0.1) is 22.8 Å². The zero-order chi connectivity index (χ0) is 25.9. The number of carbonyl (C=O) groups excluding carboxylic acids is 1. The van der Waals surface area contributed by atoms with Gasteiger partial charge < -0.3 is 19.5 Å². The van der Waals surface area contributed by atoms with Crippen LogP contribution < -0.4 is 9.64 Å². The molecule has 5 rings (SSSR count). The molecule has 0 bridgehead atoms. The van der Waals surface area contributed by atoms with Crippen LogP contribution in [0.2, 0.25) is 10.0 Å². The average Bonchev–Trinajstić information content (AvgIpc) is 3.37. The number of aromatic amines is 1. The maximum absolute atomic E-state index is 13.7. The van der Waals surface area contributed by atoms with Gasteiger partial charge in [-0.05, 0) is 47.4 Å². The van der Waals surface area contributed by atoms with Crippen LogP contribution in [0.5, 0.6) is 5.75 Å². The van der Waals surface area contributed by atoms with E-state index in [-0.39, 0.29) is 11.8 Å². The number of H-pyrrole nitrogens is 1. The molecule has 1 fully saturated rings. The number of halogens is 2. The number of methoxy groups -OCH3 is 1. The number of piperazine rings is 1. The molecule has 5 nitrogen and oxygen atoms in total. The van der Waals surface area contributed by atoms with Gasteiger partial charge >= 0.3 is 0 Å². The van der Waals surface area contributed by atoms with Crippen molar-refractivity contribution < 1.29 is 9.53 Å². The first-order valence-corrected chi connectivity index (χ1v) is 13.4. The Morgan fingerprint density at radius 3 is 2.51 bits per heavy atom. The van der Waals surface area contributed by atoms with E-state index in [2.05, 4.69) is 41.1 Å². The summed E-state index contributed by atoms with van der Waals surface area (Å²) in [7, 11) is 1.69. The first kappa shape index (κ1) is 25.5. The average molecular weight is 537 g/mol. The van der Waals surface area contributed by atoms with E-state index in [1.807, 2.05) is 47.5 Å². The van der Waals surface area contributed by atoms with Gasteiger partial charge in [-0.3, -0.25) is 4.79 Å². The molecular formula is C30H31Cl2N3O2. The number of hydrogen-bond donors (Lipinski definition) is 1. The molecule has 1 aliphatic heterocycles. The zero-order valence-corrected chi connectivity index (χ0v) is 22.6. The summed E-state index contributed by atoms with van der Waals surface area (Å²) in [6.07, 6.45) is 3.34. The molecule has 1 aliphatic rings. The topological polar surface area (TPSA) is 48.6 Å². The van der Waals surface area contributed by atoms with Crippen molar-refractivity contribution in [3.8, 4) is 5.75 Å². The minimum Gasteiger partial charge on any atom is -0.495 e. The molecule has 192 valence electrons. The molecule has 2 heterocycles. The lowest BCUT2D eigenvalue weighted by Crippen LogP contribution is -2.49. The normalized spacial score (nSPS) is 14.7. The minimum atomic E-state index is -0.143. The van der Waals surface area contributed by atoms with Crippen LogP contribution in [0.25, 0.3) is 10.9 Å². The molecule has 1 amide bonds. The first-order chi connectivity index (χ1) is 18.0. The molecule has 1 atom stereocenters. The summed E-state index contributed by atoms with van der Waals surface area (Å²) in [5.41, 5.74) is 5.54. The zero-order valence-electron chi connectivity index (χ0n) is 21.1. The Labute approximate surface area is 227 Å². The lowest BCUT2D eigenvalue weighted by molar-refractivity contribution is -0.131. The van der Waals surface area contributed by atoms with Gasteiger partial charge in [-0.25, -0.2) is 0 Å². The fourth-order valence-electron chi connectivity index (χ4n) is 5.35. The van der Waals surface area contributed by atoms with Crippen LogP contribution in [0.4, 0.5) is 5.69 Å². The first-order valence-electron chi connectivity index (χ1n) is 12.7. The van der Waals surface area contributed by atoms with Crippen LogP contribution in [-0.2, 0) is 11.2 Å². The van der Waals surface area contributed by atoms with E-state index in [4.69, 9.17) is 27.9 Å². The van der Waals surface area contributed by atoms with Gasteiger partial charge in [0.15, 0.2) is 0 Å². The van der Waals surface area contributed by atoms with Crippen molar-refractivity contribution in [1.82, 2.24) is 9.88 Å². The van der Waals surface area contributed by atoms with Crippen LogP contribution >= 0.6 is 23.2 Å². The van der Waals surface area contributed by atoms with E-state index in [9.17, 15) is 4.79 Å². The molecule has 4 aromatic rings. The fraction of sp³-hybridized carbons (Fsp3) is 0.300. The van der Waals surface area contributed by atoms with Gasteiger partial charge in [0.2, 0.25) is 5.91 Å². The second-order valence-electron chi connectivity index (χ2n) is 9.41. The van der Waals surface area contributed by atoms with E-state index in [1.54, 1.807) is 7.11 Å². The van der Waals surface area contributed by atoms with E-state index in [0.717, 1.165) is 53.0 Å². The Balaban J connectivity index is 1.40. The predicted octanol–water partition coefficient (Wildman–Crippen LogP) is 6.92. The Bertz CT molecular complexity index is 1410. The highest BCUT2D eigenvalue weighted by Crippen LogP contribution is 2.37. The lowest BCUT2D eigenvalue weighted by Gasteiger charge is -2.37. The molecule has 1 saturated heterocycles.